The molecular weight excluding hydrogens is 289 g/mol. The fourth-order valence-corrected chi connectivity index (χ4v) is 1.99. The van der Waals surface area contributed by atoms with Crippen molar-refractivity contribution in [1.29, 1.82) is 0 Å². The lowest BCUT2D eigenvalue weighted by molar-refractivity contribution is -0.117. The first-order chi connectivity index (χ1) is 8.61. The predicted molar refractivity (Wildman–Crippen MR) is 76.1 cm³/mol. The van der Waals surface area contributed by atoms with E-state index in [9.17, 15) is 9.59 Å². The minimum Gasteiger partial charge on any atom is -0.478 e. The molecule has 0 radical (unpaired) electrons. The summed E-state index contributed by atoms with van der Waals surface area (Å²) in [5, 5.41) is 11.8. The largest absolute Gasteiger partial charge is 0.478 e. The van der Waals surface area contributed by atoms with Crippen molar-refractivity contribution in [3.05, 3.63) is 27.7 Å². The Hall–Kier alpha value is -1.26. The maximum absolute atomic E-state index is 11.9. The number of hydrogen-bond donors (Lipinski definition) is 2. The van der Waals surface area contributed by atoms with E-state index < -0.39 is 5.97 Å². The Morgan fingerprint density at radius 3 is 2.21 bits per heavy atom. The lowest BCUT2D eigenvalue weighted by atomic mass is 9.92. The first kappa shape index (κ1) is 15.8. The Morgan fingerprint density at radius 2 is 1.74 bits per heavy atom. The van der Waals surface area contributed by atoms with Crippen molar-refractivity contribution in [2.75, 3.05) is 5.32 Å². The highest BCUT2D eigenvalue weighted by Crippen LogP contribution is 2.32. The number of aromatic carboxylic acids is 1. The summed E-state index contributed by atoms with van der Waals surface area (Å²) < 4.78 is 0. The standard InChI is InChI=1S/C13H15Cl2NO3/c1-13(2,3)6-9(17)16-11-8(15)5-4-7(14)10(11)12(18)19/h4-5H,6H2,1-3H3,(H,16,17)(H,18,19). The number of carbonyl (C=O) groups is 2. The summed E-state index contributed by atoms with van der Waals surface area (Å²) in [6, 6.07) is 2.83. The molecule has 0 aromatic heterocycles. The van der Waals surface area contributed by atoms with Gasteiger partial charge in [0.1, 0.15) is 5.56 Å². The van der Waals surface area contributed by atoms with Gasteiger partial charge in [0.2, 0.25) is 5.91 Å². The Kier molecular flexibility index (Phi) is 4.82. The maximum atomic E-state index is 11.9. The summed E-state index contributed by atoms with van der Waals surface area (Å²) in [6.07, 6.45) is 0.245. The van der Waals surface area contributed by atoms with E-state index in [-0.39, 0.29) is 39.0 Å². The number of halogens is 2. The second-order valence-electron chi connectivity index (χ2n) is 5.37. The van der Waals surface area contributed by atoms with Crippen molar-refractivity contribution in [2.45, 2.75) is 27.2 Å². The van der Waals surface area contributed by atoms with Gasteiger partial charge in [-0.05, 0) is 17.5 Å². The van der Waals surface area contributed by atoms with E-state index in [1.807, 2.05) is 20.8 Å². The molecule has 0 unspecified atom stereocenters. The fraction of sp³-hybridized carbons (Fsp3) is 0.385. The second-order valence-corrected chi connectivity index (χ2v) is 6.18. The van der Waals surface area contributed by atoms with Crippen LogP contribution < -0.4 is 5.32 Å². The number of rotatable bonds is 3. The molecule has 4 nitrogen and oxygen atoms in total. The predicted octanol–water partition coefficient (Wildman–Crippen LogP) is 4.07. The fourth-order valence-electron chi connectivity index (χ4n) is 1.55. The molecule has 0 saturated heterocycles. The van der Waals surface area contributed by atoms with Crippen molar-refractivity contribution in [2.24, 2.45) is 5.41 Å². The lowest BCUT2D eigenvalue weighted by Crippen LogP contribution is -2.21. The molecule has 6 heteroatoms. The zero-order valence-electron chi connectivity index (χ0n) is 10.9. The quantitative estimate of drug-likeness (QED) is 0.884. The summed E-state index contributed by atoms with van der Waals surface area (Å²) >= 11 is 11.7. The molecule has 1 amide bonds. The minimum atomic E-state index is -1.24. The highest BCUT2D eigenvalue weighted by Gasteiger charge is 2.22. The number of carbonyl (C=O) groups excluding carboxylic acids is 1. The van der Waals surface area contributed by atoms with Crippen LogP contribution in [0.1, 0.15) is 37.6 Å². The molecule has 0 aliphatic carbocycles. The van der Waals surface area contributed by atoms with E-state index in [0.29, 0.717) is 0 Å². The Balaban J connectivity index is 3.10. The highest BCUT2D eigenvalue weighted by atomic mass is 35.5. The molecule has 2 N–H and O–H groups in total. The zero-order valence-corrected chi connectivity index (χ0v) is 12.4. The summed E-state index contributed by atoms with van der Waals surface area (Å²) in [5.41, 5.74) is -0.370. The molecule has 0 atom stereocenters. The van der Waals surface area contributed by atoms with Gasteiger partial charge in [0.15, 0.2) is 0 Å². The third-order valence-corrected chi connectivity index (χ3v) is 2.90. The van der Waals surface area contributed by atoms with Crippen molar-refractivity contribution >= 4 is 40.8 Å². The molecule has 0 aliphatic rings. The molecule has 104 valence electrons. The van der Waals surface area contributed by atoms with Crippen molar-refractivity contribution in [3.63, 3.8) is 0 Å². The normalized spacial score (nSPS) is 11.2. The Bertz CT molecular complexity index is 521. The average Bonchev–Trinajstić information content (AvgIpc) is 2.20. The van der Waals surface area contributed by atoms with Crippen LogP contribution in [0.25, 0.3) is 0 Å². The lowest BCUT2D eigenvalue weighted by Gasteiger charge is -2.18. The number of carboxylic acids is 1. The third-order valence-electron chi connectivity index (χ3n) is 2.27. The molecule has 0 aliphatic heterocycles. The smallest absolute Gasteiger partial charge is 0.339 e. The maximum Gasteiger partial charge on any atom is 0.339 e. The van der Waals surface area contributed by atoms with Crippen molar-refractivity contribution < 1.29 is 14.7 Å². The zero-order chi connectivity index (χ0) is 14.8. The first-order valence-corrected chi connectivity index (χ1v) is 6.38. The average molecular weight is 304 g/mol. The van der Waals surface area contributed by atoms with Crippen LogP contribution in [0.3, 0.4) is 0 Å². The van der Waals surface area contributed by atoms with Gasteiger partial charge in [0.05, 0.1) is 15.7 Å². The topological polar surface area (TPSA) is 66.4 Å². The van der Waals surface area contributed by atoms with Crippen molar-refractivity contribution in [1.82, 2.24) is 0 Å². The van der Waals surface area contributed by atoms with Gasteiger partial charge in [0.25, 0.3) is 0 Å². The molecule has 0 saturated carbocycles. The van der Waals surface area contributed by atoms with E-state index in [4.69, 9.17) is 28.3 Å². The molecule has 0 fully saturated rings. The molecule has 1 aromatic carbocycles. The number of amides is 1. The van der Waals surface area contributed by atoms with Gasteiger partial charge in [-0.1, -0.05) is 44.0 Å². The van der Waals surface area contributed by atoms with Crippen LogP contribution in [0.2, 0.25) is 10.0 Å². The number of anilines is 1. The molecule has 0 heterocycles. The number of hydrogen-bond acceptors (Lipinski definition) is 2. The van der Waals surface area contributed by atoms with Crippen LogP contribution in [0.15, 0.2) is 12.1 Å². The molecule has 1 aromatic rings. The molecule has 1 rings (SSSR count). The highest BCUT2D eigenvalue weighted by molar-refractivity contribution is 6.38. The van der Waals surface area contributed by atoms with E-state index in [2.05, 4.69) is 5.32 Å². The monoisotopic (exact) mass is 303 g/mol. The van der Waals surface area contributed by atoms with Gasteiger partial charge in [-0.25, -0.2) is 4.79 Å². The van der Waals surface area contributed by atoms with Crippen LogP contribution in [-0.4, -0.2) is 17.0 Å². The Labute approximate surface area is 121 Å². The van der Waals surface area contributed by atoms with Crippen LogP contribution in [0.5, 0.6) is 0 Å². The van der Waals surface area contributed by atoms with Crippen molar-refractivity contribution in [3.8, 4) is 0 Å². The minimum absolute atomic E-state index is 0.0305. The summed E-state index contributed by atoms with van der Waals surface area (Å²) in [7, 11) is 0. The molecule has 0 spiro atoms. The van der Waals surface area contributed by atoms with E-state index in [1.54, 1.807) is 0 Å². The second kappa shape index (κ2) is 5.80. The van der Waals surface area contributed by atoms with Gasteiger partial charge < -0.3 is 10.4 Å². The summed E-state index contributed by atoms with van der Waals surface area (Å²) in [4.78, 5) is 23.0. The number of nitrogens with one attached hydrogen (secondary N) is 1. The van der Waals surface area contributed by atoms with Crippen LogP contribution in [-0.2, 0) is 4.79 Å². The van der Waals surface area contributed by atoms with Gasteiger partial charge in [-0.15, -0.1) is 0 Å². The van der Waals surface area contributed by atoms with E-state index in [1.165, 1.54) is 12.1 Å². The molecular formula is C13H15Cl2NO3. The number of carboxylic acid groups (broad SMARTS) is 1. The first-order valence-electron chi connectivity index (χ1n) is 5.63. The Morgan fingerprint density at radius 1 is 1.21 bits per heavy atom. The SMILES string of the molecule is CC(C)(C)CC(=O)Nc1c(Cl)ccc(Cl)c1C(=O)O. The van der Waals surface area contributed by atoms with E-state index in [0.717, 1.165) is 0 Å². The third kappa shape index (κ3) is 4.40. The van der Waals surface area contributed by atoms with Gasteiger partial charge in [-0.2, -0.15) is 0 Å². The molecule has 19 heavy (non-hydrogen) atoms. The van der Waals surface area contributed by atoms with Crippen LogP contribution in [0.4, 0.5) is 5.69 Å². The van der Waals surface area contributed by atoms with Gasteiger partial charge >= 0.3 is 5.97 Å². The summed E-state index contributed by atoms with van der Waals surface area (Å²) in [6.45, 7) is 5.72. The summed E-state index contributed by atoms with van der Waals surface area (Å²) in [5.74, 6) is -1.54. The van der Waals surface area contributed by atoms with Crippen LogP contribution in [0, 0.1) is 5.41 Å². The van der Waals surface area contributed by atoms with Gasteiger partial charge in [0, 0.05) is 6.42 Å². The van der Waals surface area contributed by atoms with Crippen LogP contribution >= 0.6 is 23.2 Å². The molecule has 0 bridgehead atoms. The number of benzene rings is 1. The van der Waals surface area contributed by atoms with Gasteiger partial charge in [-0.3, -0.25) is 4.79 Å². The van der Waals surface area contributed by atoms with E-state index >= 15 is 0 Å².